The van der Waals surface area contributed by atoms with Crippen molar-refractivity contribution in [1.29, 1.82) is 0 Å². The maximum absolute atomic E-state index is 11.6. The van der Waals surface area contributed by atoms with Gasteiger partial charge in [-0.3, -0.25) is 5.32 Å². The van der Waals surface area contributed by atoms with Crippen LogP contribution in [0.4, 0.5) is 9.93 Å². The minimum atomic E-state index is -1.04. The summed E-state index contributed by atoms with van der Waals surface area (Å²) in [6.07, 6.45) is 2.03. The Kier molecular flexibility index (Phi) is 5.50. The van der Waals surface area contributed by atoms with Crippen molar-refractivity contribution in [3.63, 3.8) is 0 Å². The Morgan fingerprint density at radius 2 is 2.22 bits per heavy atom. The van der Waals surface area contributed by atoms with Gasteiger partial charge < -0.3 is 10.4 Å². The van der Waals surface area contributed by atoms with E-state index < -0.39 is 18.0 Å². The van der Waals surface area contributed by atoms with Gasteiger partial charge in [-0.25, -0.2) is 14.6 Å². The van der Waals surface area contributed by atoms with E-state index in [0.29, 0.717) is 17.4 Å². The smallest absolute Gasteiger partial charge is 0.326 e. The largest absolute Gasteiger partial charge is 0.480 e. The quantitative estimate of drug-likeness (QED) is 0.729. The molecule has 1 aromatic heterocycles. The lowest BCUT2D eigenvalue weighted by Crippen LogP contribution is -2.42. The second kappa shape index (κ2) is 6.90. The molecule has 1 atom stereocenters. The minimum Gasteiger partial charge on any atom is -0.480 e. The molecule has 0 bridgehead atoms. The summed E-state index contributed by atoms with van der Waals surface area (Å²) >= 11 is 1.05. The molecule has 1 rings (SSSR count). The number of nitrogens with one attached hydrogen (secondary N) is 2. The van der Waals surface area contributed by atoms with Crippen LogP contribution in [-0.4, -0.2) is 32.5 Å². The van der Waals surface area contributed by atoms with Gasteiger partial charge in [-0.2, -0.15) is 4.37 Å². The van der Waals surface area contributed by atoms with E-state index in [1.165, 1.54) is 0 Å². The number of hydrogen-bond donors (Lipinski definition) is 3. The van der Waals surface area contributed by atoms with Crippen molar-refractivity contribution in [3.8, 4) is 0 Å². The fraction of sp³-hybridized carbons (Fsp3) is 0.600. The van der Waals surface area contributed by atoms with Crippen LogP contribution < -0.4 is 10.6 Å². The number of aryl methyl sites for hydroxylation is 1. The number of nitrogens with zero attached hydrogens (tertiary/aromatic N) is 2. The Balaban J connectivity index is 2.48. The normalized spacial score (nSPS) is 11.9. The molecule has 1 heterocycles. The van der Waals surface area contributed by atoms with Crippen molar-refractivity contribution in [3.05, 3.63) is 5.82 Å². The third-order valence-electron chi connectivity index (χ3n) is 2.20. The number of carboxylic acid groups (broad SMARTS) is 1. The molecule has 1 aromatic rings. The van der Waals surface area contributed by atoms with Crippen LogP contribution in [0.15, 0.2) is 0 Å². The number of urea groups is 1. The lowest BCUT2D eigenvalue weighted by Gasteiger charge is -2.13. The first-order chi connectivity index (χ1) is 8.52. The number of aliphatic carboxylic acids is 1. The zero-order valence-electron chi connectivity index (χ0n) is 10.3. The first-order valence-corrected chi connectivity index (χ1v) is 6.41. The van der Waals surface area contributed by atoms with Gasteiger partial charge in [0.1, 0.15) is 11.9 Å². The Morgan fingerprint density at radius 1 is 1.50 bits per heavy atom. The average Bonchev–Trinajstić information content (AvgIpc) is 2.69. The van der Waals surface area contributed by atoms with Gasteiger partial charge in [-0.15, -0.1) is 0 Å². The molecule has 0 saturated heterocycles. The molecule has 0 aliphatic heterocycles. The van der Waals surface area contributed by atoms with Gasteiger partial charge in [0.05, 0.1) is 0 Å². The zero-order valence-corrected chi connectivity index (χ0v) is 11.1. The van der Waals surface area contributed by atoms with E-state index in [1.54, 1.807) is 6.92 Å². The third-order valence-corrected chi connectivity index (χ3v) is 2.92. The molecule has 0 fully saturated rings. The first-order valence-electron chi connectivity index (χ1n) is 5.63. The molecule has 3 N–H and O–H groups in total. The molecule has 0 radical (unpaired) electrons. The molecule has 8 heteroatoms. The number of anilines is 1. The molecule has 100 valence electrons. The predicted molar refractivity (Wildman–Crippen MR) is 67.7 cm³/mol. The van der Waals surface area contributed by atoms with Gasteiger partial charge in [0.25, 0.3) is 0 Å². The molecule has 2 amide bonds. The summed E-state index contributed by atoms with van der Waals surface area (Å²) in [4.78, 5) is 26.4. The second-order valence-corrected chi connectivity index (χ2v) is 4.53. The Morgan fingerprint density at radius 3 is 2.72 bits per heavy atom. The van der Waals surface area contributed by atoms with Gasteiger partial charge >= 0.3 is 12.0 Å². The van der Waals surface area contributed by atoms with E-state index in [1.807, 2.05) is 6.92 Å². The number of aromatic nitrogens is 2. The molecular formula is C10H16N4O3S. The van der Waals surface area contributed by atoms with Crippen molar-refractivity contribution < 1.29 is 14.7 Å². The summed E-state index contributed by atoms with van der Waals surface area (Å²) in [6.45, 7) is 3.67. The lowest BCUT2D eigenvalue weighted by atomic mass is 10.1. The number of carbonyl (C=O) groups is 2. The summed E-state index contributed by atoms with van der Waals surface area (Å²) in [7, 11) is 0. The van der Waals surface area contributed by atoms with Gasteiger partial charge in [0.2, 0.25) is 5.13 Å². The van der Waals surface area contributed by atoms with Gasteiger partial charge in [0, 0.05) is 11.5 Å². The SMILES string of the molecule is CCCC[C@H](NC(=O)Nc1nc(C)ns1)C(=O)O. The standard InChI is InChI=1S/C10H16N4O3S/c1-3-4-5-7(8(15)16)12-9(17)13-10-11-6(2)14-18-10/h7H,3-5H2,1-2H3,(H,15,16)(H2,11,12,13,14,17)/t7-/m0/s1. The van der Waals surface area contributed by atoms with Crippen LogP contribution in [0.25, 0.3) is 0 Å². The Bertz CT molecular complexity index is 421. The van der Waals surface area contributed by atoms with E-state index >= 15 is 0 Å². The van der Waals surface area contributed by atoms with Crippen LogP contribution in [0.5, 0.6) is 0 Å². The third kappa shape index (κ3) is 4.66. The number of carboxylic acids is 1. The first kappa shape index (κ1) is 14.4. The van der Waals surface area contributed by atoms with Crippen molar-refractivity contribution in [1.82, 2.24) is 14.7 Å². The van der Waals surface area contributed by atoms with Gasteiger partial charge in [0.15, 0.2) is 0 Å². The summed E-state index contributed by atoms with van der Waals surface area (Å²) in [6, 6.07) is -1.45. The second-order valence-electron chi connectivity index (χ2n) is 3.78. The number of unbranched alkanes of at least 4 members (excludes halogenated alkanes) is 1. The Labute approximate surface area is 109 Å². The van der Waals surface area contributed by atoms with Crippen LogP contribution >= 0.6 is 11.5 Å². The monoisotopic (exact) mass is 272 g/mol. The van der Waals surface area contributed by atoms with Crippen LogP contribution in [0.2, 0.25) is 0 Å². The summed E-state index contributed by atoms with van der Waals surface area (Å²) < 4.78 is 3.91. The average molecular weight is 272 g/mol. The van der Waals surface area contributed by atoms with E-state index in [4.69, 9.17) is 5.11 Å². The summed E-state index contributed by atoms with van der Waals surface area (Å²) in [5.74, 6) is -0.469. The van der Waals surface area contributed by atoms with Crippen LogP contribution in [0.1, 0.15) is 32.0 Å². The fourth-order valence-corrected chi connectivity index (χ4v) is 1.88. The van der Waals surface area contributed by atoms with E-state index in [-0.39, 0.29) is 0 Å². The predicted octanol–water partition coefficient (Wildman–Crippen LogP) is 1.61. The number of hydrogen-bond acceptors (Lipinski definition) is 5. The van der Waals surface area contributed by atoms with E-state index in [2.05, 4.69) is 20.0 Å². The highest BCUT2D eigenvalue weighted by molar-refractivity contribution is 7.09. The van der Waals surface area contributed by atoms with Crippen LogP contribution in [0, 0.1) is 6.92 Å². The molecule has 0 saturated carbocycles. The molecule has 7 nitrogen and oxygen atoms in total. The number of amides is 2. The topological polar surface area (TPSA) is 104 Å². The highest BCUT2D eigenvalue weighted by Crippen LogP contribution is 2.10. The molecule has 0 aliphatic carbocycles. The minimum absolute atomic E-state index is 0.352. The van der Waals surface area contributed by atoms with Crippen molar-refractivity contribution in [2.75, 3.05) is 5.32 Å². The number of carbonyl (C=O) groups excluding carboxylic acids is 1. The zero-order chi connectivity index (χ0) is 13.5. The maximum Gasteiger partial charge on any atom is 0.326 e. The van der Waals surface area contributed by atoms with Crippen LogP contribution in [-0.2, 0) is 4.79 Å². The number of rotatable bonds is 6. The van der Waals surface area contributed by atoms with Crippen molar-refractivity contribution in [2.45, 2.75) is 39.2 Å². The molecular weight excluding hydrogens is 256 g/mol. The van der Waals surface area contributed by atoms with Crippen LogP contribution in [0.3, 0.4) is 0 Å². The lowest BCUT2D eigenvalue weighted by molar-refractivity contribution is -0.139. The molecule has 18 heavy (non-hydrogen) atoms. The van der Waals surface area contributed by atoms with Crippen molar-refractivity contribution in [2.24, 2.45) is 0 Å². The summed E-state index contributed by atoms with van der Waals surface area (Å²) in [5, 5.41) is 14.2. The molecule has 0 aromatic carbocycles. The fourth-order valence-electron chi connectivity index (χ4n) is 1.30. The van der Waals surface area contributed by atoms with E-state index in [0.717, 1.165) is 24.4 Å². The van der Waals surface area contributed by atoms with Gasteiger partial charge in [-0.05, 0) is 13.3 Å². The Hall–Kier alpha value is -1.70. The molecule has 0 spiro atoms. The molecule has 0 unspecified atom stereocenters. The molecule has 0 aliphatic rings. The van der Waals surface area contributed by atoms with E-state index in [9.17, 15) is 9.59 Å². The maximum atomic E-state index is 11.6. The van der Waals surface area contributed by atoms with Gasteiger partial charge in [-0.1, -0.05) is 19.8 Å². The highest BCUT2D eigenvalue weighted by atomic mass is 32.1. The van der Waals surface area contributed by atoms with Crippen molar-refractivity contribution >= 4 is 28.7 Å². The highest BCUT2D eigenvalue weighted by Gasteiger charge is 2.19. The summed E-state index contributed by atoms with van der Waals surface area (Å²) in [5.41, 5.74) is 0.